The van der Waals surface area contributed by atoms with Gasteiger partial charge in [-0.25, -0.2) is 0 Å². The lowest BCUT2D eigenvalue weighted by molar-refractivity contribution is -0.683. The summed E-state index contributed by atoms with van der Waals surface area (Å²) >= 11 is 1.59. The van der Waals surface area contributed by atoms with Gasteiger partial charge < -0.3 is 28.2 Å². The molecule has 0 N–H and O–H groups in total. The van der Waals surface area contributed by atoms with Gasteiger partial charge in [0.2, 0.25) is 5.51 Å². The second kappa shape index (κ2) is 21.2. The van der Waals surface area contributed by atoms with Crippen LogP contribution in [0.3, 0.4) is 0 Å². The summed E-state index contributed by atoms with van der Waals surface area (Å²) in [5.74, 6) is 1.69. The highest BCUT2D eigenvalue weighted by molar-refractivity contribution is 7.46. The van der Waals surface area contributed by atoms with Crippen molar-refractivity contribution in [3.05, 3.63) is 83.3 Å². The van der Waals surface area contributed by atoms with Gasteiger partial charge in [0.25, 0.3) is 0 Å². The van der Waals surface area contributed by atoms with Crippen molar-refractivity contribution < 1.29 is 37.3 Å². The summed E-state index contributed by atoms with van der Waals surface area (Å²) in [6, 6.07) is 18.9. The molecule has 262 valence electrons. The van der Waals surface area contributed by atoms with Gasteiger partial charge in [0.05, 0.1) is 18.6 Å². The number of nitrogens with zero attached hydrogens (tertiary/aromatic N) is 1. The fourth-order valence-electron chi connectivity index (χ4n) is 5.50. The number of hydrogen-bond acceptors (Lipinski definition) is 8. The Labute approximate surface area is 290 Å². The minimum Gasteiger partial charge on any atom is -0.746 e. The van der Waals surface area contributed by atoms with Crippen molar-refractivity contribution in [1.82, 2.24) is 0 Å². The minimum atomic E-state index is -4.65. The highest BCUT2D eigenvalue weighted by Gasteiger charge is 2.18. The van der Waals surface area contributed by atoms with Gasteiger partial charge in [-0.15, -0.1) is 0 Å². The number of rotatable bonds is 25. The van der Waals surface area contributed by atoms with E-state index in [2.05, 4.69) is 6.92 Å². The standard InChI is InChI=1S/C38H52NO7PS/c1-3-5-6-7-8-9-10-11-12-13-14-23-43-35-20-18-33-19-21-36(27-34(33)26-35)44-29-38(42-4-2)30-45-47(40,41)46-37-17-15-16-32(25-37)28-39-22-24-48-31-39/h15-22,24-27,31,38H,3-14,23,28-30H2,1-2H3. The first-order valence-electron chi connectivity index (χ1n) is 17.5. The Morgan fingerprint density at radius 1 is 0.771 bits per heavy atom. The SMILES string of the molecule is CCCCCCCCCCCCCOc1ccc2ccc(OCC(COP(=O)([O-])Oc3cccc(C[n+]4ccsc4)c3)OCC)cc2c1. The van der Waals surface area contributed by atoms with E-state index in [0.29, 0.717) is 25.5 Å². The minimum absolute atomic E-state index is 0.113. The summed E-state index contributed by atoms with van der Waals surface area (Å²) in [5.41, 5.74) is 2.89. The Morgan fingerprint density at radius 3 is 2.12 bits per heavy atom. The number of hydrogen-bond donors (Lipinski definition) is 0. The highest BCUT2D eigenvalue weighted by Crippen LogP contribution is 2.40. The van der Waals surface area contributed by atoms with Crippen LogP contribution < -0.4 is 23.5 Å². The molecule has 0 aliphatic rings. The molecule has 4 rings (SSSR count). The number of fused-ring (bicyclic) bond motifs is 1. The third-order valence-corrected chi connectivity index (χ3v) is 9.64. The molecule has 10 heteroatoms. The Kier molecular flexibility index (Phi) is 16.7. The number of aromatic nitrogens is 1. The van der Waals surface area contributed by atoms with Crippen molar-refractivity contribution in [3.63, 3.8) is 0 Å². The molecular formula is C38H52NO7PS. The van der Waals surface area contributed by atoms with Gasteiger partial charge >= 0.3 is 7.82 Å². The molecule has 2 atom stereocenters. The van der Waals surface area contributed by atoms with Crippen LogP contribution in [0, 0.1) is 0 Å². The van der Waals surface area contributed by atoms with E-state index in [1.54, 1.807) is 29.5 Å². The summed E-state index contributed by atoms with van der Waals surface area (Å²) in [6.07, 6.45) is 15.7. The normalized spacial score (nSPS) is 13.3. The molecule has 0 aliphatic carbocycles. The maximum atomic E-state index is 12.7. The van der Waals surface area contributed by atoms with Crippen LogP contribution in [0.1, 0.15) is 90.0 Å². The lowest BCUT2D eigenvalue weighted by atomic mass is 10.1. The Bertz CT molecular complexity index is 1520. The largest absolute Gasteiger partial charge is 0.746 e. The van der Waals surface area contributed by atoms with E-state index in [-0.39, 0.29) is 19.0 Å². The van der Waals surface area contributed by atoms with Crippen LogP contribution in [0.4, 0.5) is 0 Å². The van der Waals surface area contributed by atoms with Gasteiger partial charge in [0.1, 0.15) is 30.0 Å². The number of phosphoric ester groups is 1. The summed E-state index contributed by atoms with van der Waals surface area (Å²) in [4.78, 5) is 12.7. The zero-order chi connectivity index (χ0) is 33.9. The van der Waals surface area contributed by atoms with Crippen LogP contribution in [0.5, 0.6) is 17.2 Å². The number of phosphoric acid groups is 1. The van der Waals surface area contributed by atoms with Gasteiger partial charge in [0.15, 0.2) is 12.7 Å². The van der Waals surface area contributed by atoms with Crippen molar-refractivity contribution in [3.8, 4) is 17.2 Å². The van der Waals surface area contributed by atoms with E-state index in [1.807, 2.05) is 71.0 Å². The predicted molar refractivity (Wildman–Crippen MR) is 191 cm³/mol. The summed E-state index contributed by atoms with van der Waals surface area (Å²) < 4.78 is 42.9. The molecular weight excluding hydrogens is 645 g/mol. The van der Waals surface area contributed by atoms with Crippen molar-refractivity contribution in [2.75, 3.05) is 26.4 Å². The van der Waals surface area contributed by atoms with E-state index in [9.17, 15) is 9.46 Å². The fourth-order valence-corrected chi connectivity index (χ4v) is 6.87. The maximum absolute atomic E-state index is 12.7. The number of thiazole rings is 1. The molecule has 0 spiro atoms. The highest BCUT2D eigenvalue weighted by atomic mass is 32.1. The number of ether oxygens (including phenoxy) is 3. The molecule has 0 amide bonds. The van der Waals surface area contributed by atoms with Crippen LogP contribution >= 0.6 is 19.2 Å². The summed E-state index contributed by atoms with van der Waals surface area (Å²) in [5, 5.41) is 4.06. The van der Waals surface area contributed by atoms with Crippen molar-refractivity contribution in [2.45, 2.75) is 97.1 Å². The average molecular weight is 698 g/mol. The number of unbranched alkanes of at least 4 members (excludes halogenated alkanes) is 10. The average Bonchev–Trinajstić information content (AvgIpc) is 3.59. The van der Waals surface area contributed by atoms with Crippen LogP contribution in [0.15, 0.2) is 77.8 Å². The summed E-state index contributed by atoms with van der Waals surface area (Å²) in [6.45, 7) is 5.68. The predicted octanol–water partition coefficient (Wildman–Crippen LogP) is 9.27. The van der Waals surface area contributed by atoms with Crippen LogP contribution in [-0.4, -0.2) is 32.5 Å². The molecule has 0 saturated carbocycles. The lowest BCUT2D eigenvalue weighted by Gasteiger charge is -2.26. The molecule has 3 aromatic carbocycles. The molecule has 1 aromatic heterocycles. The third kappa shape index (κ3) is 14.3. The topological polar surface area (TPSA) is 90.2 Å². The number of benzene rings is 3. The van der Waals surface area contributed by atoms with Gasteiger partial charge in [-0.2, -0.15) is 4.57 Å². The zero-order valence-electron chi connectivity index (χ0n) is 28.6. The van der Waals surface area contributed by atoms with Gasteiger partial charge in [-0.1, -0.05) is 107 Å². The molecule has 0 aliphatic heterocycles. The first-order valence-corrected chi connectivity index (χ1v) is 19.9. The molecule has 2 unspecified atom stereocenters. The van der Waals surface area contributed by atoms with Crippen molar-refractivity contribution >= 4 is 29.9 Å². The Balaban J connectivity index is 1.18. The van der Waals surface area contributed by atoms with Crippen LogP contribution in [0.2, 0.25) is 0 Å². The molecule has 0 radical (unpaired) electrons. The van der Waals surface area contributed by atoms with E-state index < -0.39 is 13.9 Å². The quantitative estimate of drug-likeness (QED) is 0.0387. The maximum Gasteiger partial charge on any atom is 0.319 e. The third-order valence-electron chi connectivity index (χ3n) is 8.06. The first-order chi connectivity index (χ1) is 23.4. The molecule has 8 nitrogen and oxygen atoms in total. The van der Waals surface area contributed by atoms with Gasteiger partial charge in [-0.3, -0.25) is 4.57 Å². The fraction of sp³-hybridized carbons (Fsp3) is 0.500. The van der Waals surface area contributed by atoms with Crippen LogP contribution in [0.25, 0.3) is 10.8 Å². The Hall–Kier alpha value is -2.94. The molecule has 4 aromatic rings. The van der Waals surface area contributed by atoms with Gasteiger partial charge in [0, 0.05) is 12.2 Å². The summed E-state index contributed by atoms with van der Waals surface area (Å²) in [7, 11) is -4.65. The molecule has 1 heterocycles. The van der Waals surface area contributed by atoms with E-state index in [1.165, 1.54) is 64.2 Å². The molecule has 0 fully saturated rings. The Morgan fingerprint density at radius 2 is 1.46 bits per heavy atom. The molecule has 0 bridgehead atoms. The monoisotopic (exact) mass is 697 g/mol. The first kappa shape index (κ1) is 37.9. The molecule has 48 heavy (non-hydrogen) atoms. The second-order valence-corrected chi connectivity index (χ2v) is 14.2. The van der Waals surface area contributed by atoms with Gasteiger partial charge in [-0.05, 0) is 60.5 Å². The molecule has 0 saturated heterocycles. The van der Waals surface area contributed by atoms with E-state index in [0.717, 1.165) is 28.5 Å². The van der Waals surface area contributed by atoms with Crippen molar-refractivity contribution in [2.24, 2.45) is 0 Å². The van der Waals surface area contributed by atoms with Crippen LogP contribution in [-0.2, 0) is 20.4 Å². The second-order valence-electron chi connectivity index (χ2n) is 12.1. The zero-order valence-corrected chi connectivity index (χ0v) is 30.3. The van der Waals surface area contributed by atoms with E-state index in [4.69, 9.17) is 23.3 Å². The lowest BCUT2D eigenvalue weighted by Crippen LogP contribution is -2.30. The van der Waals surface area contributed by atoms with Crippen molar-refractivity contribution in [1.29, 1.82) is 0 Å². The van der Waals surface area contributed by atoms with E-state index >= 15 is 0 Å². The smallest absolute Gasteiger partial charge is 0.319 e.